The third-order valence-corrected chi connectivity index (χ3v) is 4.01. The molecule has 0 bridgehead atoms. The highest BCUT2D eigenvalue weighted by molar-refractivity contribution is 7.89. The molecule has 0 aliphatic rings. The predicted octanol–water partition coefficient (Wildman–Crippen LogP) is 1.36. The van der Waals surface area contributed by atoms with Crippen molar-refractivity contribution in [1.29, 1.82) is 0 Å². The van der Waals surface area contributed by atoms with Crippen molar-refractivity contribution in [2.75, 3.05) is 19.5 Å². The highest BCUT2D eigenvalue weighted by Crippen LogP contribution is 2.13. The molecule has 1 unspecified atom stereocenters. The molecule has 3 N–H and O–H groups in total. The molecule has 1 aromatic rings. The fourth-order valence-electron chi connectivity index (χ4n) is 1.70. The van der Waals surface area contributed by atoms with Crippen molar-refractivity contribution in [2.45, 2.75) is 30.7 Å². The molecule has 0 saturated heterocycles. The molecule has 0 aliphatic heterocycles. The number of rotatable bonds is 7. The highest BCUT2D eigenvalue weighted by Gasteiger charge is 2.19. The molecule has 0 aliphatic carbocycles. The van der Waals surface area contributed by atoms with Crippen molar-refractivity contribution < 1.29 is 13.2 Å². The highest BCUT2D eigenvalue weighted by atomic mass is 32.2. The SMILES string of the molecule is CCCC(COC)NS(=O)(=O)c1cccc(N)c1. The number of anilines is 1. The maximum Gasteiger partial charge on any atom is 0.240 e. The number of nitrogens with one attached hydrogen (secondary N) is 1. The molecule has 5 nitrogen and oxygen atoms in total. The first-order chi connectivity index (χ1) is 8.49. The first-order valence-corrected chi connectivity index (χ1v) is 7.34. The third kappa shape index (κ3) is 4.29. The maximum atomic E-state index is 12.1. The van der Waals surface area contributed by atoms with Gasteiger partial charge in [-0.2, -0.15) is 0 Å². The molecule has 0 heterocycles. The third-order valence-electron chi connectivity index (χ3n) is 2.50. The van der Waals surface area contributed by atoms with Crippen LogP contribution in [0.4, 0.5) is 5.69 Å². The van der Waals surface area contributed by atoms with Crippen LogP contribution in [-0.4, -0.2) is 28.2 Å². The van der Waals surface area contributed by atoms with Crippen molar-refractivity contribution in [1.82, 2.24) is 4.72 Å². The van der Waals surface area contributed by atoms with Crippen molar-refractivity contribution in [3.05, 3.63) is 24.3 Å². The standard InChI is InChI=1S/C12H20N2O3S/c1-3-5-11(9-17-2)14-18(15,16)12-7-4-6-10(13)8-12/h4,6-8,11,14H,3,5,9,13H2,1-2H3. The Morgan fingerprint density at radius 1 is 1.44 bits per heavy atom. The second-order valence-corrected chi connectivity index (χ2v) is 5.85. The average molecular weight is 272 g/mol. The number of hydrogen-bond acceptors (Lipinski definition) is 4. The van der Waals surface area contributed by atoms with Gasteiger partial charge in [-0.15, -0.1) is 0 Å². The van der Waals surface area contributed by atoms with Crippen molar-refractivity contribution in [3.63, 3.8) is 0 Å². The van der Waals surface area contributed by atoms with E-state index in [2.05, 4.69) is 4.72 Å². The van der Waals surface area contributed by atoms with Crippen LogP contribution in [0.3, 0.4) is 0 Å². The van der Waals surface area contributed by atoms with E-state index >= 15 is 0 Å². The molecule has 1 rings (SSSR count). The molecule has 0 radical (unpaired) electrons. The number of benzene rings is 1. The number of ether oxygens (including phenoxy) is 1. The van der Waals surface area contributed by atoms with Crippen LogP contribution in [0.25, 0.3) is 0 Å². The van der Waals surface area contributed by atoms with Crippen LogP contribution >= 0.6 is 0 Å². The number of nitrogen functional groups attached to an aromatic ring is 1. The predicted molar refractivity (Wildman–Crippen MR) is 71.7 cm³/mol. The molecule has 0 aromatic heterocycles. The minimum Gasteiger partial charge on any atom is -0.399 e. The molecular weight excluding hydrogens is 252 g/mol. The van der Waals surface area contributed by atoms with E-state index in [4.69, 9.17) is 10.5 Å². The first kappa shape index (κ1) is 14.9. The molecular formula is C12H20N2O3S. The van der Waals surface area contributed by atoms with Gasteiger partial charge in [-0.1, -0.05) is 19.4 Å². The van der Waals surface area contributed by atoms with Crippen LogP contribution in [0.1, 0.15) is 19.8 Å². The normalized spacial score (nSPS) is 13.4. The zero-order valence-electron chi connectivity index (χ0n) is 10.7. The molecule has 6 heteroatoms. The van der Waals surface area contributed by atoms with Crippen LogP contribution in [0.2, 0.25) is 0 Å². The fourth-order valence-corrected chi connectivity index (χ4v) is 3.00. The van der Waals surface area contributed by atoms with Crippen molar-refractivity contribution in [2.24, 2.45) is 0 Å². The Morgan fingerprint density at radius 3 is 2.72 bits per heavy atom. The van der Waals surface area contributed by atoms with Gasteiger partial charge in [0.25, 0.3) is 0 Å². The van der Waals surface area contributed by atoms with Crippen LogP contribution in [-0.2, 0) is 14.8 Å². The van der Waals surface area contributed by atoms with Crippen LogP contribution < -0.4 is 10.5 Å². The lowest BCUT2D eigenvalue weighted by molar-refractivity contribution is 0.171. The van der Waals surface area contributed by atoms with E-state index in [0.717, 1.165) is 12.8 Å². The molecule has 0 amide bonds. The fraction of sp³-hybridized carbons (Fsp3) is 0.500. The Labute approximate surface area is 108 Å². The molecule has 1 aromatic carbocycles. The summed E-state index contributed by atoms with van der Waals surface area (Å²) in [6.45, 7) is 2.35. The average Bonchev–Trinajstić information content (AvgIpc) is 2.29. The molecule has 0 spiro atoms. The van der Waals surface area contributed by atoms with Crippen LogP contribution in [0.15, 0.2) is 29.2 Å². The van der Waals surface area contributed by atoms with Gasteiger partial charge < -0.3 is 10.5 Å². The smallest absolute Gasteiger partial charge is 0.240 e. The van der Waals surface area contributed by atoms with E-state index in [-0.39, 0.29) is 10.9 Å². The zero-order chi connectivity index (χ0) is 13.6. The lowest BCUT2D eigenvalue weighted by atomic mass is 10.2. The quantitative estimate of drug-likeness (QED) is 0.734. The van der Waals surface area contributed by atoms with Crippen molar-refractivity contribution in [3.8, 4) is 0 Å². The molecule has 102 valence electrons. The molecule has 1 atom stereocenters. The summed E-state index contributed by atoms with van der Waals surface area (Å²) < 4.78 is 31.9. The summed E-state index contributed by atoms with van der Waals surface area (Å²) in [6.07, 6.45) is 1.61. The lowest BCUT2D eigenvalue weighted by Gasteiger charge is -2.17. The monoisotopic (exact) mass is 272 g/mol. The maximum absolute atomic E-state index is 12.1. The second-order valence-electron chi connectivity index (χ2n) is 4.13. The number of methoxy groups -OCH3 is 1. The van der Waals surface area contributed by atoms with E-state index in [9.17, 15) is 8.42 Å². The molecule has 0 saturated carbocycles. The lowest BCUT2D eigenvalue weighted by Crippen LogP contribution is -2.37. The summed E-state index contributed by atoms with van der Waals surface area (Å²) in [5.41, 5.74) is 6.01. The summed E-state index contributed by atoms with van der Waals surface area (Å²) in [4.78, 5) is 0.180. The molecule has 0 fully saturated rings. The minimum absolute atomic E-state index is 0.180. The largest absolute Gasteiger partial charge is 0.399 e. The summed E-state index contributed by atoms with van der Waals surface area (Å²) in [6, 6.07) is 6.02. The van der Waals surface area contributed by atoms with Gasteiger partial charge in [-0.25, -0.2) is 13.1 Å². The minimum atomic E-state index is -3.54. The second kappa shape index (κ2) is 6.72. The van der Waals surface area contributed by atoms with E-state index in [1.165, 1.54) is 12.1 Å². The molecule has 18 heavy (non-hydrogen) atoms. The van der Waals surface area contributed by atoms with Gasteiger partial charge in [0.2, 0.25) is 10.0 Å². The summed E-state index contributed by atoms with van der Waals surface area (Å²) in [5.74, 6) is 0. The van der Waals surface area contributed by atoms with E-state index in [1.54, 1.807) is 19.2 Å². The van der Waals surface area contributed by atoms with E-state index in [0.29, 0.717) is 12.3 Å². The summed E-state index contributed by atoms with van der Waals surface area (Å²) >= 11 is 0. The number of hydrogen-bond donors (Lipinski definition) is 2. The Bertz CT molecular complexity index is 468. The van der Waals surface area contributed by atoms with Crippen molar-refractivity contribution >= 4 is 15.7 Å². The van der Waals surface area contributed by atoms with E-state index in [1.807, 2.05) is 6.92 Å². The van der Waals surface area contributed by atoms with Gasteiger partial charge in [0.15, 0.2) is 0 Å². The Kier molecular flexibility index (Phi) is 5.58. The first-order valence-electron chi connectivity index (χ1n) is 5.86. The topological polar surface area (TPSA) is 81.4 Å². The summed E-state index contributed by atoms with van der Waals surface area (Å²) in [5, 5.41) is 0. The zero-order valence-corrected chi connectivity index (χ0v) is 11.5. The Balaban J connectivity index is 2.86. The van der Waals surface area contributed by atoms with Gasteiger partial charge >= 0.3 is 0 Å². The van der Waals surface area contributed by atoms with Gasteiger partial charge in [-0.3, -0.25) is 0 Å². The van der Waals surface area contributed by atoms with Crippen LogP contribution in [0, 0.1) is 0 Å². The van der Waals surface area contributed by atoms with E-state index < -0.39 is 10.0 Å². The van der Waals surface area contributed by atoms with Crippen LogP contribution in [0.5, 0.6) is 0 Å². The van der Waals surface area contributed by atoms with Gasteiger partial charge in [-0.05, 0) is 24.6 Å². The summed E-state index contributed by atoms with van der Waals surface area (Å²) in [7, 11) is -1.98. The number of nitrogens with two attached hydrogens (primary N) is 1. The van der Waals surface area contributed by atoms with Gasteiger partial charge in [0, 0.05) is 18.8 Å². The van der Waals surface area contributed by atoms with Gasteiger partial charge in [0.05, 0.1) is 11.5 Å². The number of sulfonamides is 1. The van der Waals surface area contributed by atoms with Gasteiger partial charge in [0.1, 0.15) is 0 Å². The Morgan fingerprint density at radius 2 is 2.17 bits per heavy atom. The Hall–Kier alpha value is -1.11.